The topological polar surface area (TPSA) is 87.1 Å². The number of aliphatic carboxylic acids is 2. The van der Waals surface area contributed by atoms with Crippen molar-refractivity contribution in [2.75, 3.05) is 19.6 Å². The van der Waals surface area contributed by atoms with Crippen molar-refractivity contribution in [2.45, 2.75) is 24.8 Å². The molecule has 0 saturated carbocycles. The predicted octanol–water partition coefficient (Wildman–Crippen LogP) is 0.177. The van der Waals surface area contributed by atoms with Crippen LogP contribution in [-0.2, 0) is 14.3 Å². The number of carboxylic acids is 2. The maximum absolute atomic E-state index is 10.6. The van der Waals surface area contributed by atoms with E-state index in [0.29, 0.717) is 12.2 Å². The van der Waals surface area contributed by atoms with Crippen molar-refractivity contribution in [1.82, 2.24) is 4.90 Å². The maximum Gasteiger partial charge on any atom is 0.490 e. The smallest absolute Gasteiger partial charge is 0.480 e. The number of halogens is 3. The highest BCUT2D eigenvalue weighted by atomic mass is 19.4. The summed E-state index contributed by atoms with van der Waals surface area (Å²) in [4.78, 5) is 21.1. The highest BCUT2D eigenvalue weighted by Crippen LogP contribution is 2.27. The third kappa shape index (κ3) is 4.49. The SMILES string of the molecule is O=C(O)C(F)(F)F.O=C(O)CN1CC2CC(C1)O2. The fourth-order valence-corrected chi connectivity index (χ4v) is 1.76. The van der Waals surface area contributed by atoms with Gasteiger partial charge in [0.15, 0.2) is 0 Å². The minimum absolute atomic E-state index is 0.163. The summed E-state index contributed by atoms with van der Waals surface area (Å²) < 4.78 is 37.1. The highest BCUT2D eigenvalue weighted by Gasteiger charge is 2.39. The zero-order chi connectivity index (χ0) is 13.9. The van der Waals surface area contributed by atoms with Gasteiger partial charge in [-0.15, -0.1) is 0 Å². The van der Waals surface area contributed by atoms with Crippen molar-refractivity contribution < 1.29 is 37.7 Å². The van der Waals surface area contributed by atoms with Crippen molar-refractivity contribution in [1.29, 1.82) is 0 Å². The van der Waals surface area contributed by atoms with Crippen LogP contribution in [0.2, 0.25) is 0 Å². The van der Waals surface area contributed by atoms with E-state index in [1.165, 1.54) is 0 Å². The van der Waals surface area contributed by atoms with E-state index in [0.717, 1.165) is 19.5 Å². The number of hydrogen-bond donors (Lipinski definition) is 2. The molecule has 0 spiro atoms. The summed E-state index contributed by atoms with van der Waals surface area (Å²) in [6, 6.07) is 0. The Morgan fingerprint density at radius 3 is 1.89 bits per heavy atom. The zero-order valence-corrected chi connectivity index (χ0v) is 9.18. The quantitative estimate of drug-likeness (QED) is 0.745. The summed E-state index contributed by atoms with van der Waals surface area (Å²) >= 11 is 0. The van der Waals surface area contributed by atoms with E-state index < -0.39 is 18.1 Å². The summed E-state index contributed by atoms with van der Waals surface area (Å²) in [6.07, 6.45) is -3.34. The minimum atomic E-state index is -5.08. The number of piperidine rings is 1. The van der Waals surface area contributed by atoms with Crippen LogP contribution in [0.3, 0.4) is 0 Å². The van der Waals surface area contributed by atoms with Crippen LogP contribution in [0.4, 0.5) is 13.2 Å². The van der Waals surface area contributed by atoms with Crippen LogP contribution >= 0.6 is 0 Å². The molecule has 3 fully saturated rings. The van der Waals surface area contributed by atoms with E-state index in [9.17, 15) is 18.0 Å². The third-order valence-electron chi connectivity index (χ3n) is 2.44. The van der Waals surface area contributed by atoms with E-state index in [4.69, 9.17) is 19.7 Å². The molecule has 6 nitrogen and oxygen atoms in total. The van der Waals surface area contributed by atoms with E-state index in [1.807, 2.05) is 4.90 Å². The van der Waals surface area contributed by atoms with Crippen LogP contribution in [0.15, 0.2) is 0 Å². The lowest BCUT2D eigenvalue weighted by atomic mass is 9.99. The van der Waals surface area contributed by atoms with E-state index in [-0.39, 0.29) is 6.54 Å². The summed E-state index contributed by atoms with van der Waals surface area (Å²) in [5.41, 5.74) is 0. The van der Waals surface area contributed by atoms with Crippen LogP contribution in [0.5, 0.6) is 0 Å². The predicted molar refractivity (Wildman–Crippen MR) is 51.0 cm³/mol. The molecular weight excluding hydrogens is 259 g/mol. The van der Waals surface area contributed by atoms with Gasteiger partial charge in [-0.05, 0) is 0 Å². The third-order valence-corrected chi connectivity index (χ3v) is 2.44. The first-order chi connectivity index (χ1) is 8.18. The standard InChI is InChI=1S/C7H11NO3.C2HF3O2/c9-7(10)4-8-2-5-1-6(3-8)11-5;3-2(4,5)1(6)7/h5-6H,1-4H2,(H,9,10);(H,6,7). The lowest BCUT2D eigenvalue weighted by Gasteiger charge is -2.46. The Morgan fingerprint density at radius 1 is 1.22 bits per heavy atom. The summed E-state index contributed by atoms with van der Waals surface area (Å²) in [5, 5.41) is 15.6. The van der Waals surface area contributed by atoms with E-state index in [2.05, 4.69) is 0 Å². The second kappa shape index (κ2) is 5.53. The van der Waals surface area contributed by atoms with Crippen LogP contribution in [0.25, 0.3) is 0 Å². The number of ether oxygens (including phenoxy) is 1. The second-order valence-corrected chi connectivity index (χ2v) is 4.01. The Hall–Kier alpha value is -1.35. The molecule has 2 N–H and O–H groups in total. The van der Waals surface area contributed by atoms with Crippen LogP contribution in [0, 0.1) is 0 Å². The van der Waals surface area contributed by atoms with Gasteiger partial charge in [-0.1, -0.05) is 0 Å². The summed E-state index contributed by atoms with van der Waals surface area (Å²) in [6.45, 7) is 1.75. The fraction of sp³-hybridized carbons (Fsp3) is 0.778. The lowest BCUT2D eigenvalue weighted by molar-refractivity contribution is -0.192. The number of morpholine rings is 1. The molecule has 2 bridgehead atoms. The average Bonchev–Trinajstić information content (AvgIpc) is 2.14. The van der Waals surface area contributed by atoms with Gasteiger partial charge in [-0.25, -0.2) is 4.79 Å². The number of carboxylic acid groups (broad SMARTS) is 2. The van der Waals surface area contributed by atoms with Crippen LogP contribution in [-0.4, -0.2) is 65.1 Å². The Bertz CT molecular complexity index is 317. The van der Waals surface area contributed by atoms with Crippen molar-refractivity contribution >= 4 is 11.9 Å². The Balaban J connectivity index is 0.000000203. The average molecular weight is 271 g/mol. The van der Waals surface area contributed by atoms with E-state index >= 15 is 0 Å². The van der Waals surface area contributed by atoms with Gasteiger partial charge in [-0.2, -0.15) is 13.2 Å². The number of nitrogens with zero attached hydrogens (tertiary/aromatic N) is 1. The van der Waals surface area contributed by atoms with Gasteiger partial charge in [0.2, 0.25) is 0 Å². The lowest BCUT2D eigenvalue weighted by Crippen LogP contribution is -2.58. The number of fused-ring (bicyclic) bond motifs is 2. The molecule has 104 valence electrons. The molecule has 3 aliphatic rings. The largest absolute Gasteiger partial charge is 0.490 e. The molecule has 2 atom stereocenters. The zero-order valence-electron chi connectivity index (χ0n) is 9.18. The molecule has 18 heavy (non-hydrogen) atoms. The molecule has 3 heterocycles. The molecule has 3 saturated heterocycles. The molecule has 2 unspecified atom stereocenters. The first kappa shape index (κ1) is 14.7. The van der Waals surface area contributed by atoms with Crippen molar-refractivity contribution in [2.24, 2.45) is 0 Å². The summed E-state index contributed by atoms with van der Waals surface area (Å²) in [5.74, 6) is -3.50. The molecule has 0 amide bonds. The van der Waals surface area contributed by atoms with Gasteiger partial charge in [0, 0.05) is 19.5 Å². The molecule has 0 aromatic carbocycles. The van der Waals surface area contributed by atoms with Crippen molar-refractivity contribution in [3.8, 4) is 0 Å². The van der Waals surface area contributed by atoms with Gasteiger partial charge in [0.1, 0.15) is 0 Å². The second-order valence-electron chi connectivity index (χ2n) is 4.01. The highest BCUT2D eigenvalue weighted by molar-refractivity contribution is 5.73. The Kier molecular flexibility index (Phi) is 4.52. The molecule has 9 heteroatoms. The van der Waals surface area contributed by atoms with Gasteiger partial charge in [0.05, 0.1) is 18.8 Å². The Labute approximate surface area is 99.9 Å². The molecule has 0 aromatic heterocycles. The molecule has 0 radical (unpaired) electrons. The number of hydrogen-bond acceptors (Lipinski definition) is 4. The van der Waals surface area contributed by atoms with Gasteiger partial charge in [-0.3, -0.25) is 9.69 Å². The van der Waals surface area contributed by atoms with Gasteiger partial charge in [0.25, 0.3) is 0 Å². The maximum atomic E-state index is 10.6. The molecule has 3 rings (SSSR count). The van der Waals surface area contributed by atoms with Crippen molar-refractivity contribution in [3.05, 3.63) is 0 Å². The number of alkyl halides is 3. The van der Waals surface area contributed by atoms with Gasteiger partial charge < -0.3 is 14.9 Å². The first-order valence-corrected chi connectivity index (χ1v) is 5.08. The first-order valence-electron chi connectivity index (χ1n) is 5.08. The number of carbonyl (C=O) groups is 2. The van der Waals surface area contributed by atoms with Gasteiger partial charge >= 0.3 is 18.1 Å². The summed E-state index contributed by atoms with van der Waals surface area (Å²) in [7, 11) is 0. The van der Waals surface area contributed by atoms with Crippen molar-refractivity contribution in [3.63, 3.8) is 0 Å². The fourth-order valence-electron chi connectivity index (χ4n) is 1.76. The molecule has 0 aromatic rings. The van der Waals surface area contributed by atoms with E-state index in [1.54, 1.807) is 0 Å². The van der Waals surface area contributed by atoms with Crippen LogP contribution < -0.4 is 0 Å². The Morgan fingerprint density at radius 2 is 1.61 bits per heavy atom. The molecule has 3 aliphatic heterocycles. The molecule has 0 aliphatic carbocycles. The minimum Gasteiger partial charge on any atom is -0.480 e. The van der Waals surface area contributed by atoms with Crippen LogP contribution in [0.1, 0.15) is 6.42 Å². The molecular formula is C9H12F3NO5. The monoisotopic (exact) mass is 271 g/mol. The number of rotatable bonds is 2. The normalized spacial score (nSPS) is 26.6.